The Morgan fingerprint density at radius 2 is 2.18 bits per heavy atom. The van der Waals surface area contributed by atoms with E-state index in [2.05, 4.69) is 28.8 Å². The number of aliphatic carboxylic acids is 1. The Balaban J connectivity index is 1.30. The summed E-state index contributed by atoms with van der Waals surface area (Å²) in [5.74, 6) is 2.50. The lowest BCUT2D eigenvalue weighted by Crippen LogP contribution is -2.14. The second kappa shape index (κ2) is 11.3. The van der Waals surface area contributed by atoms with Gasteiger partial charge in [-0.05, 0) is 67.3 Å². The lowest BCUT2D eigenvalue weighted by Gasteiger charge is -2.17. The first-order chi connectivity index (χ1) is 16.1. The van der Waals surface area contributed by atoms with Crippen molar-refractivity contribution in [3.63, 3.8) is 0 Å². The summed E-state index contributed by atoms with van der Waals surface area (Å²) in [7, 11) is 1.92. The SMILES string of the molecule is CN/C(=C\CCC(CC(=O)O)c1ccc2c(c1)OCO2)SCCc1ccc2c(n1)NCCC2. The smallest absolute Gasteiger partial charge is 0.303 e. The van der Waals surface area contributed by atoms with E-state index in [9.17, 15) is 9.90 Å². The van der Waals surface area contributed by atoms with Crippen LogP contribution in [0.25, 0.3) is 0 Å². The monoisotopic (exact) mass is 469 g/mol. The molecule has 7 nitrogen and oxygen atoms in total. The van der Waals surface area contributed by atoms with E-state index in [1.807, 2.05) is 25.2 Å². The van der Waals surface area contributed by atoms with Gasteiger partial charge in [-0.3, -0.25) is 4.79 Å². The van der Waals surface area contributed by atoms with Crippen molar-refractivity contribution in [2.75, 3.05) is 31.5 Å². The van der Waals surface area contributed by atoms with Gasteiger partial charge in [-0.15, -0.1) is 11.8 Å². The molecule has 2 aliphatic rings. The third-order valence-electron chi connectivity index (χ3n) is 5.95. The van der Waals surface area contributed by atoms with Gasteiger partial charge >= 0.3 is 5.97 Å². The molecule has 0 aliphatic carbocycles. The number of nitrogens with zero attached hydrogens (tertiary/aromatic N) is 1. The maximum Gasteiger partial charge on any atom is 0.303 e. The highest BCUT2D eigenvalue weighted by atomic mass is 32.2. The molecule has 176 valence electrons. The average molecular weight is 470 g/mol. The summed E-state index contributed by atoms with van der Waals surface area (Å²) in [6.45, 7) is 1.21. The number of allylic oxidation sites excluding steroid dienone is 1. The number of thioether (sulfide) groups is 1. The van der Waals surface area contributed by atoms with Gasteiger partial charge in [0.2, 0.25) is 6.79 Å². The molecule has 4 rings (SSSR count). The summed E-state index contributed by atoms with van der Waals surface area (Å²) < 4.78 is 10.8. The van der Waals surface area contributed by atoms with E-state index in [0.29, 0.717) is 11.5 Å². The first-order valence-corrected chi connectivity index (χ1v) is 12.5. The number of aryl methyl sites for hydroxylation is 2. The molecule has 3 N–H and O–H groups in total. The predicted molar refractivity (Wildman–Crippen MR) is 131 cm³/mol. The molecular formula is C25H31N3O4S. The van der Waals surface area contributed by atoms with E-state index in [4.69, 9.17) is 14.5 Å². The second-order valence-corrected chi connectivity index (χ2v) is 9.38. The molecule has 0 amide bonds. The molecule has 0 spiro atoms. The highest BCUT2D eigenvalue weighted by Crippen LogP contribution is 2.37. The highest BCUT2D eigenvalue weighted by molar-refractivity contribution is 8.03. The predicted octanol–water partition coefficient (Wildman–Crippen LogP) is 4.54. The normalized spacial score (nSPS) is 15.5. The Kier molecular flexibility index (Phi) is 7.99. The molecule has 3 heterocycles. The van der Waals surface area contributed by atoms with Crippen LogP contribution >= 0.6 is 11.8 Å². The fraction of sp³-hybridized carbons (Fsp3) is 0.440. The summed E-state index contributed by atoms with van der Waals surface area (Å²) in [5, 5.41) is 17.2. The molecule has 1 unspecified atom stereocenters. The van der Waals surface area contributed by atoms with Crippen molar-refractivity contribution in [1.29, 1.82) is 0 Å². The lowest BCUT2D eigenvalue weighted by molar-refractivity contribution is -0.137. The van der Waals surface area contributed by atoms with Crippen molar-refractivity contribution in [2.24, 2.45) is 0 Å². The summed E-state index contributed by atoms with van der Waals surface area (Å²) >= 11 is 1.77. The second-order valence-electron chi connectivity index (χ2n) is 8.24. The molecule has 1 aromatic carbocycles. The topological polar surface area (TPSA) is 92.7 Å². The quantitative estimate of drug-likeness (QED) is 0.442. The minimum atomic E-state index is -0.795. The Hall–Kier alpha value is -2.87. The van der Waals surface area contributed by atoms with Crippen LogP contribution in [-0.2, 0) is 17.6 Å². The largest absolute Gasteiger partial charge is 0.481 e. The van der Waals surface area contributed by atoms with Crippen molar-refractivity contribution in [2.45, 2.75) is 44.4 Å². The van der Waals surface area contributed by atoms with Crippen LogP contribution in [-0.4, -0.2) is 42.2 Å². The number of benzene rings is 1. The molecule has 0 bridgehead atoms. The van der Waals surface area contributed by atoms with Crippen LogP contribution in [0.1, 0.15) is 48.4 Å². The summed E-state index contributed by atoms with van der Waals surface area (Å²) in [4.78, 5) is 16.2. The molecule has 0 saturated heterocycles. The van der Waals surface area contributed by atoms with Crippen LogP contribution in [0, 0.1) is 0 Å². The number of rotatable bonds is 11. The van der Waals surface area contributed by atoms with E-state index in [1.165, 1.54) is 12.0 Å². The Morgan fingerprint density at radius 1 is 1.30 bits per heavy atom. The van der Waals surface area contributed by atoms with Crippen LogP contribution in [0.2, 0.25) is 0 Å². The summed E-state index contributed by atoms with van der Waals surface area (Å²) in [6, 6.07) is 10.0. The average Bonchev–Trinajstić information content (AvgIpc) is 3.30. The van der Waals surface area contributed by atoms with Gasteiger partial charge in [0.15, 0.2) is 11.5 Å². The molecule has 8 heteroatoms. The molecule has 0 fully saturated rings. The van der Waals surface area contributed by atoms with E-state index < -0.39 is 5.97 Å². The zero-order valence-corrected chi connectivity index (χ0v) is 19.7. The molecule has 0 saturated carbocycles. The van der Waals surface area contributed by atoms with Crippen molar-refractivity contribution >= 4 is 23.5 Å². The number of hydrogen-bond acceptors (Lipinski definition) is 7. The highest BCUT2D eigenvalue weighted by Gasteiger charge is 2.20. The van der Waals surface area contributed by atoms with E-state index >= 15 is 0 Å². The third-order valence-corrected chi connectivity index (χ3v) is 7.04. The van der Waals surface area contributed by atoms with Gasteiger partial charge in [0.1, 0.15) is 5.82 Å². The van der Waals surface area contributed by atoms with Gasteiger partial charge in [-0.2, -0.15) is 0 Å². The van der Waals surface area contributed by atoms with Gasteiger partial charge in [-0.25, -0.2) is 4.98 Å². The molecule has 2 aromatic rings. The minimum absolute atomic E-state index is 0.0800. The maximum atomic E-state index is 11.4. The number of nitrogens with one attached hydrogen (secondary N) is 2. The van der Waals surface area contributed by atoms with Crippen LogP contribution < -0.4 is 20.1 Å². The van der Waals surface area contributed by atoms with Gasteiger partial charge < -0.3 is 25.2 Å². The number of carboxylic acid groups (broad SMARTS) is 1. The summed E-state index contributed by atoms with van der Waals surface area (Å²) in [6.07, 6.45) is 6.96. The number of anilines is 1. The van der Waals surface area contributed by atoms with Crippen LogP contribution in [0.3, 0.4) is 0 Å². The zero-order chi connectivity index (χ0) is 23.0. The molecule has 1 atom stereocenters. The van der Waals surface area contributed by atoms with Crippen LogP contribution in [0.5, 0.6) is 11.5 Å². The van der Waals surface area contributed by atoms with Crippen LogP contribution in [0.15, 0.2) is 41.4 Å². The number of carbonyl (C=O) groups is 1. The first kappa shape index (κ1) is 23.3. The number of fused-ring (bicyclic) bond motifs is 2. The van der Waals surface area contributed by atoms with E-state index in [0.717, 1.165) is 60.1 Å². The number of carboxylic acids is 1. The van der Waals surface area contributed by atoms with Gasteiger partial charge in [0, 0.05) is 25.0 Å². The standard InChI is InChI=1S/C25H31N3O4S/c1-26-23(33-13-11-20-9-7-17-5-3-12-27-25(17)28-20)6-2-4-18(15-24(29)30)19-8-10-21-22(14-19)32-16-31-21/h6-10,14,18,26H,2-5,11-13,15-16H2,1H3,(H,27,28)(H,29,30)/b23-6+. The van der Waals surface area contributed by atoms with Crippen molar-refractivity contribution in [3.8, 4) is 11.5 Å². The van der Waals surface area contributed by atoms with Gasteiger partial charge in [-0.1, -0.05) is 18.2 Å². The van der Waals surface area contributed by atoms with Crippen LogP contribution in [0.4, 0.5) is 5.82 Å². The Labute approximate surface area is 199 Å². The van der Waals surface area contributed by atoms with Gasteiger partial charge in [0.25, 0.3) is 0 Å². The molecule has 33 heavy (non-hydrogen) atoms. The van der Waals surface area contributed by atoms with Crippen molar-refractivity contribution in [3.05, 3.63) is 58.3 Å². The minimum Gasteiger partial charge on any atom is -0.481 e. The fourth-order valence-corrected chi connectivity index (χ4v) is 5.10. The van der Waals surface area contributed by atoms with Gasteiger partial charge in [0.05, 0.1) is 11.4 Å². The molecule has 2 aliphatic heterocycles. The Bertz CT molecular complexity index is 1010. The summed E-state index contributed by atoms with van der Waals surface area (Å²) in [5.41, 5.74) is 3.39. The fourth-order valence-electron chi connectivity index (χ4n) is 4.19. The first-order valence-electron chi connectivity index (χ1n) is 11.5. The lowest BCUT2D eigenvalue weighted by atomic mass is 9.91. The van der Waals surface area contributed by atoms with Crippen molar-refractivity contribution < 1.29 is 19.4 Å². The maximum absolute atomic E-state index is 11.4. The number of hydrogen-bond donors (Lipinski definition) is 3. The molecular weight excluding hydrogens is 438 g/mol. The molecule has 0 radical (unpaired) electrons. The number of aromatic nitrogens is 1. The number of pyridine rings is 1. The van der Waals surface area contributed by atoms with Crippen molar-refractivity contribution in [1.82, 2.24) is 10.3 Å². The van der Waals surface area contributed by atoms with E-state index in [1.54, 1.807) is 11.8 Å². The third kappa shape index (κ3) is 6.35. The molecule has 1 aromatic heterocycles. The van der Waals surface area contributed by atoms with E-state index in [-0.39, 0.29) is 19.1 Å². The zero-order valence-electron chi connectivity index (χ0n) is 18.9. The Morgan fingerprint density at radius 3 is 3.03 bits per heavy atom. The number of ether oxygens (including phenoxy) is 2.